The van der Waals surface area contributed by atoms with Crippen molar-refractivity contribution in [3.63, 3.8) is 0 Å². The van der Waals surface area contributed by atoms with Crippen molar-refractivity contribution in [1.29, 1.82) is 0 Å². The van der Waals surface area contributed by atoms with Crippen molar-refractivity contribution in [2.75, 3.05) is 6.61 Å². The number of hydrogen-bond acceptors (Lipinski definition) is 1. The van der Waals surface area contributed by atoms with Gasteiger partial charge in [0.25, 0.3) is 0 Å². The number of rotatable bonds is 6. The van der Waals surface area contributed by atoms with Crippen LogP contribution in [0, 0.1) is 13.8 Å². The molecule has 0 unspecified atom stereocenters. The Morgan fingerprint density at radius 3 is 2.86 bits per heavy atom. The molecule has 0 heterocycles. The monoisotopic (exact) mass is 191 g/mol. The highest BCUT2D eigenvalue weighted by atomic mass is 16.5. The fourth-order valence-corrected chi connectivity index (χ4v) is 1.37. The lowest BCUT2D eigenvalue weighted by molar-refractivity contribution is 0.117. The minimum Gasteiger partial charge on any atom is -0.377 e. The molecule has 0 saturated heterocycles. The first-order valence-corrected chi connectivity index (χ1v) is 5.25. The van der Waals surface area contributed by atoms with Crippen LogP contribution in [-0.4, -0.2) is 6.61 Å². The summed E-state index contributed by atoms with van der Waals surface area (Å²) in [7, 11) is 0. The van der Waals surface area contributed by atoms with Gasteiger partial charge < -0.3 is 4.74 Å². The summed E-state index contributed by atoms with van der Waals surface area (Å²) in [5.74, 6) is 0. The van der Waals surface area contributed by atoms with Crippen LogP contribution >= 0.6 is 0 Å². The second kappa shape index (κ2) is 6.61. The number of aryl methyl sites for hydroxylation is 1. The largest absolute Gasteiger partial charge is 0.377 e. The Bertz CT molecular complexity index is 255. The second-order valence-electron chi connectivity index (χ2n) is 3.60. The van der Waals surface area contributed by atoms with Gasteiger partial charge in [-0.15, -0.1) is 0 Å². The third kappa shape index (κ3) is 4.43. The van der Waals surface area contributed by atoms with Crippen LogP contribution in [0.2, 0.25) is 0 Å². The highest BCUT2D eigenvalue weighted by Crippen LogP contribution is 2.05. The van der Waals surface area contributed by atoms with Gasteiger partial charge in [0.05, 0.1) is 6.61 Å². The van der Waals surface area contributed by atoms with Gasteiger partial charge in [0, 0.05) is 6.61 Å². The van der Waals surface area contributed by atoms with Crippen LogP contribution in [0.15, 0.2) is 24.3 Å². The molecular formula is C13H19O. The fraction of sp³-hybridized carbons (Fsp3) is 0.462. The zero-order valence-electron chi connectivity index (χ0n) is 8.96. The van der Waals surface area contributed by atoms with Gasteiger partial charge >= 0.3 is 0 Å². The molecule has 1 heteroatoms. The van der Waals surface area contributed by atoms with Gasteiger partial charge in [0.2, 0.25) is 0 Å². The molecule has 77 valence electrons. The van der Waals surface area contributed by atoms with Crippen molar-refractivity contribution in [1.82, 2.24) is 0 Å². The number of unbranched alkanes of at least 4 members (excludes halogenated alkanes) is 2. The molecule has 14 heavy (non-hydrogen) atoms. The van der Waals surface area contributed by atoms with E-state index in [9.17, 15) is 0 Å². The predicted molar refractivity (Wildman–Crippen MR) is 60.0 cm³/mol. The summed E-state index contributed by atoms with van der Waals surface area (Å²) in [4.78, 5) is 0. The Morgan fingerprint density at radius 1 is 1.29 bits per heavy atom. The van der Waals surface area contributed by atoms with E-state index in [0.717, 1.165) is 32.5 Å². The quantitative estimate of drug-likeness (QED) is 0.625. The molecule has 0 fully saturated rings. The number of ether oxygens (including phenoxy) is 1. The highest BCUT2D eigenvalue weighted by molar-refractivity contribution is 5.21. The molecule has 0 N–H and O–H groups in total. The minimum absolute atomic E-state index is 0.735. The van der Waals surface area contributed by atoms with Crippen molar-refractivity contribution >= 4 is 0 Å². The molecular weight excluding hydrogens is 172 g/mol. The lowest BCUT2D eigenvalue weighted by atomic mass is 10.1. The summed E-state index contributed by atoms with van der Waals surface area (Å²) in [5.41, 5.74) is 2.56. The van der Waals surface area contributed by atoms with E-state index >= 15 is 0 Å². The molecule has 1 aromatic carbocycles. The minimum atomic E-state index is 0.735. The first-order valence-electron chi connectivity index (χ1n) is 5.25. The summed E-state index contributed by atoms with van der Waals surface area (Å²) in [5, 5.41) is 0. The zero-order chi connectivity index (χ0) is 10.2. The van der Waals surface area contributed by atoms with Crippen LogP contribution in [-0.2, 0) is 11.3 Å². The van der Waals surface area contributed by atoms with E-state index in [1.165, 1.54) is 11.1 Å². The van der Waals surface area contributed by atoms with Gasteiger partial charge in [0.1, 0.15) is 0 Å². The Morgan fingerprint density at radius 2 is 2.14 bits per heavy atom. The van der Waals surface area contributed by atoms with Crippen LogP contribution in [0.25, 0.3) is 0 Å². The maximum atomic E-state index is 5.55. The van der Waals surface area contributed by atoms with Crippen LogP contribution in [0.4, 0.5) is 0 Å². The molecule has 1 rings (SSSR count). The smallest absolute Gasteiger partial charge is 0.0716 e. The van der Waals surface area contributed by atoms with E-state index in [4.69, 9.17) is 4.74 Å². The first kappa shape index (κ1) is 11.3. The topological polar surface area (TPSA) is 9.23 Å². The normalized spacial score (nSPS) is 10.4. The first-order chi connectivity index (χ1) is 6.83. The fourth-order valence-electron chi connectivity index (χ4n) is 1.37. The van der Waals surface area contributed by atoms with E-state index < -0.39 is 0 Å². The summed E-state index contributed by atoms with van der Waals surface area (Å²) in [6, 6.07) is 8.45. The Hall–Kier alpha value is -0.820. The summed E-state index contributed by atoms with van der Waals surface area (Å²) < 4.78 is 5.55. The number of benzene rings is 1. The van der Waals surface area contributed by atoms with Crippen LogP contribution < -0.4 is 0 Å². The van der Waals surface area contributed by atoms with Gasteiger partial charge in [-0.1, -0.05) is 49.6 Å². The molecule has 0 amide bonds. The van der Waals surface area contributed by atoms with Gasteiger partial charge in [-0.05, 0) is 18.9 Å². The lowest BCUT2D eigenvalue weighted by Gasteiger charge is -2.04. The Labute approximate surface area is 87.1 Å². The third-order valence-corrected chi connectivity index (χ3v) is 2.14. The molecule has 0 saturated carbocycles. The maximum Gasteiger partial charge on any atom is 0.0716 e. The molecule has 1 nitrogen and oxygen atoms in total. The van der Waals surface area contributed by atoms with E-state index in [1.807, 2.05) is 0 Å². The van der Waals surface area contributed by atoms with Gasteiger partial charge in [-0.3, -0.25) is 0 Å². The average molecular weight is 191 g/mol. The molecule has 0 aliphatic carbocycles. The summed E-state index contributed by atoms with van der Waals surface area (Å²) in [6.45, 7) is 7.49. The van der Waals surface area contributed by atoms with Gasteiger partial charge in [-0.2, -0.15) is 0 Å². The molecule has 1 aromatic rings. The van der Waals surface area contributed by atoms with Gasteiger partial charge in [0.15, 0.2) is 0 Å². The second-order valence-corrected chi connectivity index (χ2v) is 3.60. The Kier molecular flexibility index (Phi) is 5.31. The van der Waals surface area contributed by atoms with Gasteiger partial charge in [-0.25, -0.2) is 0 Å². The van der Waals surface area contributed by atoms with E-state index in [1.54, 1.807) is 0 Å². The van der Waals surface area contributed by atoms with Crippen molar-refractivity contribution < 1.29 is 4.74 Å². The average Bonchev–Trinajstić information content (AvgIpc) is 2.18. The van der Waals surface area contributed by atoms with Crippen molar-refractivity contribution in [3.8, 4) is 0 Å². The molecule has 0 spiro atoms. The molecule has 0 atom stereocenters. The molecule has 0 aromatic heterocycles. The lowest BCUT2D eigenvalue weighted by Crippen LogP contribution is -1.95. The molecule has 0 aliphatic rings. The van der Waals surface area contributed by atoms with E-state index in [2.05, 4.69) is 38.1 Å². The molecule has 1 radical (unpaired) electrons. The van der Waals surface area contributed by atoms with Crippen LogP contribution in [0.3, 0.4) is 0 Å². The third-order valence-electron chi connectivity index (χ3n) is 2.14. The van der Waals surface area contributed by atoms with Crippen molar-refractivity contribution in [2.45, 2.75) is 32.8 Å². The van der Waals surface area contributed by atoms with Crippen molar-refractivity contribution in [2.24, 2.45) is 0 Å². The maximum absolute atomic E-state index is 5.55. The molecule has 0 aliphatic heterocycles. The predicted octanol–water partition coefficient (Wildman–Crippen LogP) is 3.52. The Balaban J connectivity index is 2.18. The molecule has 0 bridgehead atoms. The van der Waals surface area contributed by atoms with Crippen LogP contribution in [0.1, 0.15) is 30.4 Å². The standard InChI is InChI=1S/C13H19O/c1-3-4-5-9-14-11-13-8-6-7-12(2)10-13/h6-8,10H,1,3-5,9,11H2,2H3. The van der Waals surface area contributed by atoms with E-state index in [0.29, 0.717) is 0 Å². The van der Waals surface area contributed by atoms with Crippen LogP contribution in [0.5, 0.6) is 0 Å². The summed E-state index contributed by atoms with van der Waals surface area (Å²) >= 11 is 0. The zero-order valence-corrected chi connectivity index (χ0v) is 8.96. The SMILES string of the molecule is [CH2]CCCCOCc1cccc(C)c1. The highest BCUT2D eigenvalue weighted by Gasteiger charge is 1.93. The van der Waals surface area contributed by atoms with E-state index in [-0.39, 0.29) is 0 Å². The number of hydrogen-bond donors (Lipinski definition) is 0. The summed E-state index contributed by atoms with van der Waals surface area (Å²) in [6.07, 6.45) is 3.29. The van der Waals surface area contributed by atoms with Crippen molar-refractivity contribution in [3.05, 3.63) is 42.3 Å².